The summed E-state index contributed by atoms with van der Waals surface area (Å²) in [6, 6.07) is 15.2. The Morgan fingerprint density at radius 1 is 1.00 bits per heavy atom. The number of unbranched alkanes of at least 4 members (excludes halogenated alkanes) is 1. The predicted octanol–water partition coefficient (Wildman–Crippen LogP) is 4.30. The van der Waals surface area contributed by atoms with E-state index in [1.165, 1.54) is 11.1 Å². The molecule has 1 saturated heterocycles. The van der Waals surface area contributed by atoms with E-state index >= 15 is 0 Å². The van der Waals surface area contributed by atoms with Crippen LogP contribution in [-0.2, 0) is 16.6 Å². The number of aryl methyl sites for hydroxylation is 1. The van der Waals surface area contributed by atoms with Crippen LogP contribution in [-0.4, -0.2) is 72.5 Å². The fraction of sp³-hybridized carbons (Fsp3) is 0.379. The SMILES string of the molecule is CCCCNS(=O)(=O)c1ccc(-n2ccc3cnc(Nc4ccc(C)c(CN5CCN(C)CC5)c4)nc32)cc1. The second-order valence-electron chi connectivity index (χ2n) is 10.2. The van der Waals surface area contributed by atoms with Crippen LogP contribution >= 0.6 is 0 Å². The first-order chi connectivity index (χ1) is 18.8. The molecule has 3 heterocycles. The lowest BCUT2D eigenvalue weighted by molar-refractivity contribution is 0.148. The van der Waals surface area contributed by atoms with Gasteiger partial charge in [-0.05, 0) is 74.0 Å². The van der Waals surface area contributed by atoms with Crippen LogP contribution in [0.15, 0.2) is 65.8 Å². The smallest absolute Gasteiger partial charge is 0.240 e. The highest BCUT2D eigenvalue weighted by molar-refractivity contribution is 7.89. The van der Waals surface area contributed by atoms with Crippen molar-refractivity contribution in [1.82, 2.24) is 29.1 Å². The summed E-state index contributed by atoms with van der Waals surface area (Å²) in [6.45, 7) is 9.90. The molecule has 0 atom stereocenters. The molecule has 0 saturated carbocycles. The molecule has 9 nitrogen and oxygen atoms in total. The Labute approximate surface area is 230 Å². The molecule has 2 aromatic carbocycles. The summed E-state index contributed by atoms with van der Waals surface area (Å²) in [6.07, 6.45) is 5.47. The zero-order valence-corrected chi connectivity index (χ0v) is 23.7. The van der Waals surface area contributed by atoms with Crippen LogP contribution in [0.3, 0.4) is 0 Å². The maximum Gasteiger partial charge on any atom is 0.240 e. The summed E-state index contributed by atoms with van der Waals surface area (Å²) in [4.78, 5) is 14.4. The van der Waals surface area contributed by atoms with E-state index in [9.17, 15) is 8.42 Å². The number of benzene rings is 2. The lowest BCUT2D eigenvalue weighted by Crippen LogP contribution is -2.43. The van der Waals surface area contributed by atoms with Crippen molar-refractivity contribution in [2.24, 2.45) is 0 Å². The van der Waals surface area contributed by atoms with E-state index in [0.29, 0.717) is 12.5 Å². The molecule has 39 heavy (non-hydrogen) atoms. The van der Waals surface area contributed by atoms with Gasteiger partial charge in [-0.25, -0.2) is 18.1 Å². The van der Waals surface area contributed by atoms with E-state index in [1.54, 1.807) is 30.5 Å². The second kappa shape index (κ2) is 11.8. The molecule has 2 N–H and O–H groups in total. The Kier molecular flexibility index (Phi) is 8.27. The molecule has 1 aliphatic rings. The minimum absolute atomic E-state index is 0.252. The zero-order chi connectivity index (χ0) is 27.4. The van der Waals surface area contributed by atoms with Crippen LogP contribution in [0.4, 0.5) is 11.6 Å². The maximum atomic E-state index is 12.6. The third-order valence-corrected chi connectivity index (χ3v) is 8.75. The molecule has 0 spiro atoms. The van der Waals surface area contributed by atoms with Gasteiger partial charge in [0.15, 0.2) is 0 Å². The molecule has 2 aromatic heterocycles. The number of hydrogen-bond acceptors (Lipinski definition) is 7. The number of fused-ring (bicyclic) bond motifs is 1. The number of hydrogen-bond donors (Lipinski definition) is 2. The van der Waals surface area contributed by atoms with Gasteiger partial charge in [-0.3, -0.25) is 4.90 Å². The fourth-order valence-electron chi connectivity index (χ4n) is 4.73. The summed E-state index contributed by atoms with van der Waals surface area (Å²) in [5.74, 6) is 0.510. The Morgan fingerprint density at radius 3 is 2.51 bits per heavy atom. The van der Waals surface area contributed by atoms with Gasteiger partial charge in [0, 0.05) is 68.4 Å². The van der Waals surface area contributed by atoms with Gasteiger partial charge >= 0.3 is 0 Å². The van der Waals surface area contributed by atoms with E-state index in [0.717, 1.165) is 68.0 Å². The van der Waals surface area contributed by atoms with Gasteiger partial charge in [0.2, 0.25) is 16.0 Å². The summed E-state index contributed by atoms with van der Waals surface area (Å²) in [5.41, 5.74) is 5.09. The highest BCUT2D eigenvalue weighted by Gasteiger charge is 2.16. The third-order valence-electron chi connectivity index (χ3n) is 7.27. The monoisotopic (exact) mass is 547 g/mol. The molecular weight excluding hydrogens is 510 g/mol. The highest BCUT2D eigenvalue weighted by Crippen LogP contribution is 2.24. The van der Waals surface area contributed by atoms with Crippen molar-refractivity contribution in [2.45, 2.75) is 38.1 Å². The molecule has 0 bridgehead atoms. The summed E-state index contributed by atoms with van der Waals surface area (Å²) in [5, 5.41) is 4.28. The van der Waals surface area contributed by atoms with Crippen molar-refractivity contribution in [3.05, 3.63) is 72.1 Å². The number of anilines is 2. The summed E-state index contributed by atoms with van der Waals surface area (Å²) >= 11 is 0. The van der Waals surface area contributed by atoms with Gasteiger partial charge in [0.05, 0.1) is 4.90 Å². The highest BCUT2D eigenvalue weighted by atomic mass is 32.2. The molecule has 0 amide bonds. The maximum absolute atomic E-state index is 12.6. The van der Waals surface area contributed by atoms with E-state index in [1.807, 2.05) is 23.8 Å². The number of likely N-dealkylation sites (N-methyl/N-ethyl adjacent to an activating group) is 1. The van der Waals surface area contributed by atoms with E-state index in [-0.39, 0.29) is 4.90 Å². The van der Waals surface area contributed by atoms with Crippen molar-refractivity contribution in [2.75, 3.05) is 45.1 Å². The molecule has 1 fully saturated rings. The number of rotatable bonds is 10. The van der Waals surface area contributed by atoms with Crippen molar-refractivity contribution in [3.63, 3.8) is 0 Å². The van der Waals surface area contributed by atoms with Gasteiger partial charge in [-0.2, -0.15) is 4.98 Å². The normalized spacial score (nSPS) is 15.2. The number of sulfonamides is 1. The van der Waals surface area contributed by atoms with Crippen LogP contribution in [0.1, 0.15) is 30.9 Å². The average molecular weight is 548 g/mol. The minimum atomic E-state index is -3.52. The first-order valence-corrected chi connectivity index (χ1v) is 15.0. The Hall–Kier alpha value is -3.31. The first-order valence-electron chi connectivity index (χ1n) is 13.5. The van der Waals surface area contributed by atoms with Gasteiger partial charge < -0.3 is 14.8 Å². The summed E-state index contributed by atoms with van der Waals surface area (Å²) < 4.78 is 29.7. The number of piperazine rings is 1. The lowest BCUT2D eigenvalue weighted by Gasteiger charge is -2.32. The van der Waals surface area contributed by atoms with Crippen LogP contribution in [0, 0.1) is 6.92 Å². The van der Waals surface area contributed by atoms with Crippen molar-refractivity contribution < 1.29 is 8.42 Å². The van der Waals surface area contributed by atoms with E-state index in [2.05, 4.69) is 57.0 Å². The van der Waals surface area contributed by atoms with Crippen LogP contribution < -0.4 is 10.0 Å². The Bertz CT molecular complexity index is 1530. The topological polar surface area (TPSA) is 95.4 Å². The van der Waals surface area contributed by atoms with Crippen molar-refractivity contribution in [3.8, 4) is 5.69 Å². The number of nitrogens with one attached hydrogen (secondary N) is 2. The number of nitrogens with zero attached hydrogens (tertiary/aromatic N) is 5. The van der Waals surface area contributed by atoms with Gasteiger partial charge in [0.25, 0.3) is 0 Å². The molecule has 10 heteroatoms. The van der Waals surface area contributed by atoms with Crippen LogP contribution in [0.2, 0.25) is 0 Å². The second-order valence-corrected chi connectivity index (χ2v) is 12.0. The first kappa shape index (κ1) is 27.3. The molecule has 5 rings (SSSR count). The minimum Gasteiger partial charge on any atom is -0.324 e. The van der Waals surface area contributed by atoms with Crippen molar-refractivity contribution >= 4 is 32.7 Å². The fourth-order valence-corrected chi connectivity index (χ4v) is 5.81. The quantitative estimate of drug-likeness (QED) is 0.286. The standard InChI is InChI=1S/C29H37N7O2S/c1-4-5-13-31-39(37,38)27-10-8-26(9-11-27)36-14-12-23-20-30-29(33-28(23)36)32-25-7-6-22(2)24(19-25)21-35-17-15-34(3)16-18-35/h6-12,14,19-20,31H,4-5,13,15-18,21H2,1-3H3,(H,30,32,33). The molecule has 0 radical (unpaired) electrons. The zero-order valence-electron chi connectivity index (χ0n) is 22.9. The third kappa shape index (κ3) is 6.47. The molecule has 0 unspecified atom stereocenters. The molecule has 4 aromatic rings. The summed E-state index contributed by atoms with van der Waals surface area (Å²) in [7, 11) is -1.35. The largest absolute Gasteiger partial charge is 0.324 e. The molecule has 206 valence electrons. The lowest BCUT2D eigenvalue weighted by atomic mass is 10.1. The van der Waals surface area contributed by atoms with Gasteiger partial charge in [-0.15, -0.1) is 0 Å². The van der Waals surface area contributed by atoms with E-state index < -0.39 is 10.0 Å². The van der Waals surface area contributed by atoms with Gasteiger partial charge in [-0.1, -0.05) is 19.4 Å². The predicted molar refractivity (Wildman–Crippen MR) is 156 cm³/mol. The molecule has 1 aliphatic heterocycles. The Morgan fingerprint density at radius 2 is 1.77 bits per heavy atom. The molecule has 0 aliphatic carbocycles. The number of aromatic nitrogens is 3. The Balaban J connectivity index is 1.34. The van der Waals surface area contributed by atoms with E-state index in [4.69, 9.17) is 4.98 Å². The molecular formula is C29H37N7O2S. The van der Waals surface area contributed by atoms with Gasteiger partial charge in [0.1, 0.15) is 5.65 Å². The van der Waals surface area contributed by atoms with Crippen LogP contribution in [0.25, 0.3) is 16.7 Å². The average Bonchev–Trinajstić information content (AvgIpc) is 3.35. The van der Waals surface area contributed by atoms with Crippen LogP contribution in [0.5, 0.6) is 0 Å². The van der Waals surface area contributed by atoms with Crippen molar-refractivity contribution in [1.29, 1.82) is 0 Å².